The summed E-state index contributed by atoms with van der Waals surface area (Å²) >= 11 is 0. The van der Waals surface area contributed by atoms with Gasteiger partial charge in [0.15, 0.2) is 0 Å². The first-order valence-electron chi connectivity index (χ1n) is 6.86. The summed E-state index contributed by atoms with van der Waals surface area (Å²) in [4.78, 5) is 13.9. The van der Waals surface area contributed by atoms with Gasteiger partial charge in [0.2, 0.25) is 5.91 Å². The van der Waals surface area contributed by atoms with Crippen molar-refractivity contribution in [2.75, 3.05) is 46.2 Å². The molecule has 0 heterocycles. The molecular formula is C15H27Cl2N3O2. The zero-order valence-corrected chi connectivity index (χ0v) is 15.2. The molecule has 1 unspecified atom stereocenters. The molecule has 0 radical (unpaired) electrons. The SMILES string of the molecule is CNCC(C)C(=O)Nc1ccc(OCCN(C)C)cc1.Cl.Cl. The Morgan fingerprint density at radius 2 is 1.82 bits per heavy atom. The lowest BCUT2D eigenvalue weighted by molar-refractivity contribution is -0.119. The van der Waals surface area contributed by atoms with Gasteiger partial charge in [0.25, 0.3) is 0 Å². The summed E-state index contributed by atoms with van der Waals surface area (Å²) in [5.41, 5.74) is 0.790. The standard InChI is InChI=1S/C15H25N3O2.2ClH/c1-12(11-16-2)15(19)17-13-5-7-14(8-6-13)20-10-9-18(3)4;;/h5-8,12,16H,9-11H2,1-4H3,(H,17,19);2*1H. The van der Waals surface area contributed by atoms with Crippen molar-refractivity contribution >= 4 is 36.4 Å². The maximum Gasteiger partial charge on any atom is 0.228 e. The molecule has 0 spiro atoms. The summed E-state index contributed by atoms with van der Waals surface area (Å²) in [5, 5.41) is 5.88. The Morgan fingerprint density at radius 3 is 2.32 bits per heavy atom. The zero-order valence-electron chi connectivity index (χ0n) is 13.6. The van der Waals surface area contributed by atoms with Crippen LogP contribution in [0.15, 0.2) is 24.3 Å². The number of carbonyl (C=O) groups excluding carboxylic acids is 1. The predicted octanol–water partition coefficient (Wildman–Crippen LogP) is 2.26. The highest BCUT2D eigenvalue weighted by molar-refractivity contribution is 5.92. The van der Waals surface area contributed by atoms with E-state index in [2.05, 4.69) is 15.5 Å². The van der Waals surface area contributed by atoms with E-state index in [-0.39, 0.29) is 36.6 Å². The minimum absolute atomic E-state index is 0. The van der Waals surface area contributed by atoms with Crippen LogP contribution in [0.4, 0.5) is 5.69 Å². The van der Waals surface area contributed by atoms with Gasteiger partial charge < -0.3 is 20.3 Å². The maximum absolute atomic E-state index is 11.8. The Balaban J connectivity index is 0. The van der Waals surface area contributed by atoms with Crippen LogP contribution in [0.3, 0.4) is 0 Å². The molecular weight excluding hydrogens is 325 g/mol. The molecule has 0 aliphatic carbocycles. The van der Waals surface area contributed by atoms with Crippen molar-refractivity contribution in [1.82, 2.24) is 10.2 Å². The van der Waals surface area contributed by atoms with Crippen molar-refractivity contribution < 1.29 is 9.53 Å². The molecule has 1 aromatic rings. The topological polar surface area (TPSA) is 53.6 Å². The molecule has 1 amide bonds. The Kier molecular flexibility index (Phi) is 13.2. The van der Waals surface area contributed by atoms with Gasteiger partial charge in [0.1, 0.15) is 12.4 Å². The molecule has 1 rings (SSSR count). The minimum Gasteiger partial charge on any atom is -0.492 e. The molecule has 2 N–H and O–H groups in total. The van der Waals surface area contributed by atoms with E-state index in [1.54, 1.807) is 0 Å². The molecule has 0 aliphatic heterocycles. The summed E-state index contributed by atoms with van der Waals surface area (Å²) < 4.78 is 5.60. The van der Waals surface area contributed by atoms with Crippen molar-refractivity contribution in [3.63, 3.8) is 0 Å². The molecule has 0 bridgehead atoms. The molecule has 0 saturated heterocycles. The third-order valence-electron chi connectivity index (χ3n) is 2.89. The summed E-state index contributed by atoms with van der Waals surface area (Å²) in [7, 11) is 5.85. The number of rotatable bonds is 8. The fraction of sp³-hybridized carbons (Fsp3) is 0.533. The van der Waals surface area contributed by atoms with Crippen LogP contribution in [0.5, 0.6) is 5.75 Å². The monoisotopic (exact) mass is 351 g/mol. The van der Waals surface area contributed by atoms with Crippen molar-refractivity contribution in [1.29, 1.82) is 0 Å². The van der Waals surface area contributed by atoms with Gasteiger partial charge in [-0.25, -0.2) is 0 Å². The number of amides is 1. The quantitative estimate of drug-likeness (QED) is 0.754. The second kappa shape index (κ2) is 12.5. The van der Waals surface area contributed by atoms with Gasteiger partial charge in [-0.15, -0.1) is 24.8 Å². The Hall–Kier alpha value is -1.01. The van der Waals surface area contributed by atoms with E-state index in [4.69, 9.17) is 4.74 Å². The zero-order chi connectivity index (χ0) is 15.0. The molecule has 22 heavy (non-hydrogen) atoms. The first-order chi connectivity index (χ1) is 9.52. The van der Waals surface area contributed by atoms with Gasteiger partial charge in [-0.05, 0) is 45.4 Å². The fourth-order valence-corrected chi connectivity index (χ4v) is 1.64. The van der Waals surface area contributed by atoms with E-state index in [0.717, 1.165) is 18.0 Å². The average molecular weight is 352 g/mol. The number of hydrogen-bond acceptors (Lipinski definition) is 4. The van der Waals surface area contributed by atoms with Crippen LogP contribution in [-0.2, 0) is 4.79 Å². The molecule has 7 heteroatoms. The molecule has 5 nitrogen and oxygen atoms in total. The first-order valence-corrected chi connectivity index (χ1v) is 6.86. The number of hydrogen-bond donors (Lipinski definition) is 2. The first kappa shape index (κ1) is 23.3. The van der Waals surface area contributed by atoms with Crippen LogP contribution in [-0.4, -0.2) is 51.6 Å². The molecule has 128 valence electrons. The van der Waals surface area contributed by atoms with E-state index in [0.29, 0.717) is 13.2 Å². The Bertz CT molecular complexity index is 414. The molecule has 0 fully saturated rings. The van der Waals surface area contributed by atoms with Gasteiger partial charge in [-0.2, -0.15) is 0 Å². The largest absolute Gasteiger partial charge is 0.492 e. The normalized spacial score (nSPS) is 11.1. The van der Waals surface area contributed by atoms with Crippen LogP contribution >= 0.6 is 24.8 Å². The van der Waals surface area contributed by atoms with E-state index in [1.807, 2.05) is 52.3 Å². The molecule has 0 aliphatic rings. The maximum atomic E-state index is 11.8. The Morgan fingerprint density at radius 1 is 1.23 bits per heavy atom. The van der Waals surface area contributed by atoms with Crippen molar-refractivity contribution in [2.24, 2.45) is 5.92 Å². The van der Waals surface area contributed by atoms with Crippen molar-refractivity contribution in [3.8, 4) is 5.75 Å². The summed E-state index contributed by atoms with van der Waals surface area (Å²) in [5.74, 6) is 0.768. The summed E-state index contributed by atoms with van der Waals surface area (Å²) in [6, 6.07) is 7.45. The third kappa shape index (κ3) is 9.10. The van der Waals surface area contributed by atoms with Crippen LogP contribution in [0, 0.1) is 5.92 Å². The number of ether oxygens (including phenoxy) is 1. The Labute approximate surface area is 145 Å². The highest BCUT2D eigenvalue weighted by atomic mass is 35.5. The lowest BCUT2D eigenvalue weighted by Crippen LogP contribution is -2.28. The molecule has 0 saturated carbocycles. The van der Waals surface area contributed by atoms with Crippen LogP contribution in [0.1, 0.15) is 6.92 Å². The van der Waals surface area contributed by atoms with Gasteiger partial charge >= 0.3 is 0 Å². The van der Waals surface area contributed by atoms with Gasteiger partial charge in [-0.3, -0.25) is 4.79 Å². The predicted molar refractivity (Wildman–Crippen MR) is 96.7 cm³/mol. The average Bonchev–Trinajstić information content (AvgIpc) is 2.40. The van der Waals surface area contributed by atoms with Gasteiger partial charge in [-0.1, -0.05) is 6.92 Å². The van der Waals surface area contributed by atoms with E-state index in [9.17, 15) is 4.79 Å². The van der Waals surface area contributed by atoms with Gasteiger partial charge in [0, 0.05) is 24.7 Å². The lowest BCUT2D eigenvalue weighted by atomic mass is 10.1. The molecule has 1 atom stereocenters. The number of nitrogens with zero attached hydrogens (tertiary/aromatic N) is 1. The highest BCUT2D eigenvalue weighted by Crippen LogP contribution is 2.16. The molecule has 0 aromatic heterocycles. The van der Waals surface area contributed by atoms with E-state index < -0.39 is 0 Å². The second-order valence-corrected chi connectivity index (χ2v) is 5.12. The van der Waals surface area contributed by atoms with Crippen LogP contribution < -0.4 is 15.4 Å². The van der Waals surface area contributed by atoms with Crippen molar-refractivity contribution in [2.45, 2.75) is 6.92 Å². The summed E-state index contributed by atoms with van der Waals surface area (Å²) in [6.45, 7) is 4.08. The number of benzene rings is 1. The van der Waals surface area contributed by atoms with Gasteiger partial charge in [0.05, 0.1) is 0 Å². The lowest BCUT2D eigenvalue weighted by Gasteiger charge is -2.13. The number of carbonyl (C=O) groups is 1. The van der Waals surface area contributed by atoms with Crippen molar-refractivity contribution in [3.05, 3.63) is 24.3 Å². The van der Waals surface area contributed by atoms with Crippen LogP contribution in [0.2, 0.25) is 0 Å². The van der Waals surface area contributed by atoms with Crippen LogP contribution in [0.25, 0.3) is 0 Å². The number of likely N-dealkylation sites (N-methyl/N-ethyl adjacent to an activating group) is 1. The summed E-state index contributed by atoms with van der Waals surface area (Å²) in [6.07, 6.45) is 0. The number of anilines is 1. The van der Waals surface area contributed by atoms with E-state index >= 15 is 0 Å². The fourth-order valence-electron chi connectivity index (χ4n) is 1.64. The minimum atomic E-state index is -0.0592. The number of halogens is 2. The highest BCUT2D eigenvalue weighted by Gasteiger charge is 2.11. The number of nitrogens with one attached hydrogen (secondary N) is 2. The second-order valence-electron chi connectivity index (χ2n) is 5.12. The smallest absolute Gasteiger partial charge is 0.228 e. The van der Waals surface area contributed by atoms with E-state index in [1.165, 1.54) is 0 Å². The molecule has 1 aromatic carbocycles. The third-order valence-corrected chi connectivity index (χ3v) is 2.89.